The highest BCUT2D eigenvalue weighted by molar-refractivity contribution is 6.29. The molecular formula is C48H31N3. The van der Waals surface area contributed by atoms with Gasteiger partial charge in [-0.05, 0) is 102 Å². The summed E-state index contributed by atoms with van der Waals surface area (Å²) in [4.78, 5) is 0. The molecule has 1 aromatic heterocycles. The third kappa shape index (κ3) is 4.90. The molecule has 9 aromatic carbocycles. The molecule has 3 heteroatoms. The summed E-state index contributed by atoms with van der Waals surface area (Å²) in [5.41, 5.74) is 10.3. The van der Waals surface area contributed by atoms with Gasteiger partial charge < -0.3 is 0 Å². The lowest BCUT2D eigenvalue weighted by atomic mass is 9.84. The van der Waals surface area contributed by atoms with Gasteiger partial charge in [0.05, 0.1) is 0 Å². The maximum atomic E-state index is 4.68. The molecule has 10 rings (SSSR count). The highest BCUT2D eigenvalue weighted by atomic mass is 15.3. The summed E-state index contributed by atoms with van der Waals surface area (Å²) in [6.45, 7) is 0. The topological polar surface area (TPSA) is 30.7 Å². The van der Waals surface area contributed by atoms with Crippen molar-refractivity contribution in [1.82, 2.24) is 14.8 Å². The van der Waals surface area contributed by atoms with Crippen LogP contribution in [0.4, 0.5) is 0 Å². The number of nitrogens with zero attached hydrogens (tertiary/aromatic N) is 3. The van der Waals surface area contributed by atoms with Crippen molar-refractivity contribution < 1.29 is 0 Å². The third-order valence-electron chi connectivity index (χ3n) is 10.1. The summed E-state index contributed by atoms with van der Waals surface area (Å²) in [5, 5.41) is 17.0. The van der Waals surface area contributed by atoms with Crippen LogP contribution in [0, 0.1) is 0 Å². The van der Waals surface area contributed by atoms with Crippen molar-refractivity contribution in [2.45, 2.75) is 0 Å². The molecule has 0 radical (unpaired) electrons. The minimum Gasteiger partial charge on any atom is -0.275 e. The molecule has 0 fully saturated rings. The summed E-state index contributed by atoms with van der Waals surface area (Å²) in [6, 6.07) is 67.2. The largest absolute Gasteiger partial charge is 0.275 e. The summed E-state index contributed by atoms with van der Waals surface area (Å²) in [6.07, 6.45) is 0. The van der Waals surface area contributed by atoms with Gasteiger partial charge in [-0.3, -0.25) is 4.57 Å². The van der Waals surface area contributed by atoms with Crippen LogP contribution in [0.15, 0.2) is 188 Å². The van der Waals surface area contributed by atoms with E-state index in [1.165, 1.54) is 60.1 Å². The first kappa shape index (κ1) is 29.1. The van der Waals surface area contributed by atoms with Crippen molar-refractivity contribution in [2.24, 2.45) is 0 Å². The molecule has 0 saturated heterocycles. The van der Waals surface area contributed by atoms with Crippen LogP contribution in [0.25, 0.3) is 94.2 Å². The van der Waals surface area contributed by atoms with Gasteiger partial charge in [-0.1, -0.05) is 152 Å². The van der Waals surface area contributed by atoms with Crippen molar-refractivity contribution >= 4 is 32.3 Å². The Bertz CT molecular complexity index is 2750. The molecule has 0 unspecified atom stereocenters. The van der Waals surface area contributed by atoms with E-state index in [4.69, 9.17) is 0 Å². The first-order valence-electron chi connectivity index (χ1n) is 17.3. The smallest absolute Gasteiger partial charge is 0.168 e. The van der Waals surface area contributed by atoms with Crippen LogP contribution in [0.5, 0.6) is 0 Å². The fourth-order valence-electron chi connectivity index (χ4n) is 7.69. The summed E-state index contributed by atoms with van der Waals surface area (Å²) in [5.74, 6) is 1.62. The number of hydrogen-bond acceptors (Lipinski definition) is 2. The second-order valence-corrected chi connectivity index (χ2v) is 13.1. The molecule has 0 aliphatic rings. The van der Waals surface area contributed by atoms with E-state index in [9.17, 15) is 0 Å². The van der Waals surface area contributed by atoms with E-state index in [1.807, 2.05) is 36.4 Å². The highest BCUT2D eigenvalue weighted by Crippen LogP contribution is 2.45. The first-order valence-corrected chi connectivity index (χ1v) is 17.3. The molecular weight excluding hydrogens is 619 g/mol. The Balaban J connectivity index is 1.19. The normalized spacial score (nSPS) is 11.5. The van der Waals surface area contributed by atoms with Gasteiger partial charge in [0, 0.05) is 16.8 Å². The van der Waals surface area contributed by atoms with Gasteiger partial charge in [0.2, 0.25) is 0 Å². The highest BCUT2D eigenvalue weighted by Gasteiger charge is 2.20. The van der Waals surface area contributed by atoms with Gasteiger partial charge >= 0.3 is 0 Å². The van der Waals surface area contributed by atoms with Crippen LogP contribution in [0.2, 0.25) is 0 Å². The molecule has 3 nitrogen and oxygen atoms in total. The number of hydrogen-bond donors (Lipinski definition) is 0. The fraction of sp³-hybridized carbons (Fsp3) is 0. The number of aromatic nitrogens is 3. The molecule has 1 heterocycles. The van der Waals surface area contributed by atoms with E-state index < -0.39 is 0 Å². The van der Waals surface area contributed by atoms with Crippen LogP contribution >= 0.6 is 0 Å². The molecule has 0 amide bonds. The molecule has 0 atom stereocenters. The van der Waals surface area contributed by atoms with Gasteiger partial charge in [0.15, 0.2) is 11.6 Å². The van der Waals surface area contributed by atoms with E-state index in [0.717, 1.165) is 34.0 Å². The monoisotopic (exact) mass is 649 g/mol. The Labute approximate surface area is 296 Å². The molecule has 0 saturated carbocycles. The van der Waals surface area contributed by atoms with Crippen LogP contribution in [-0.4, -0.2) is 14.8 Å². The minimum atomic E-state index is 0.811. The van der Waals surface area contributed by atoms with Gasteiger partial charge in [-0.15, -0.1) is 10.2 Å². The van der Waals surface area contributed by atoms with Crippen molar-refractivity contribution in [1.29, 1.82) is 0 Å². The molecule has 238 valence electrons. The zero-order valence-electron chi connectivity index (χ0n) is 27.7. The molecule has 0 spiro atoms. The Morgan fingerprint density at radius 2 is 0.804 bits per heavy atom. The molecule has 10 aromatic rings. The van der Waals surface area contributed by atoms with Crippen LogP contribution < -0.4 is 0 Å². The number of rotatable bonds is 6. The lowest BCUT2D eigenvalue weighted by Crippen LogP contribution is -2.00. The minimum absolute atomic E-state index is 0.811. The Kier molecular flexibility index (Phi) is 6.81. The number of benzene rings is 9. The fourth-order valence-corrected chi connectivity index (χ4v) is 7.69. The first-order chi connectivity index (χ1) is 25.3. The maximum Gasteiger partial charge on any atom is 0.168 e. The molecule has 0 aliphatic carbocycles. The lowest BCUT2D eigenvalue weighted by Gasteiger charge is -2.19. The van der Waals surface area contributed by atoms with Crippen LogP contribution in [-0.2, 0) is 0 Å². The Morgan fingerprint density at radius 1 is 0.314 bits per heavy atom. The molecule has 0 bridgehead atoms. The second-order valence-electron chi connectivity index (χ2n) is 13.1. The summed E-state index contributed by atoms with van der Waals surface area (Å²) >= 11 is 0. The van der Waals surface area contributed by atoms with Crippen molar-refractivity contribution in [2.75, 3.05) is 0 Å². The molecule has 0 N–H and O–H groups in total. The van der Waals surface area contributed by atoms with E-state index >= 15 is 0 Å². The predicted molar refractivity (Wildman–Crippen MR) is 212 cm³/mol. The average molecular weight is 650 g/mol. The Hall–Kier alpha value is -6.84. The quantitative estimate of drug-likeness (QED) is 0.168. The van der Waals surface area contributed by atoms with Crippen LogP contribution in [0.1, 0.15) is 0 Å². The van der Waals surface area contributed by atoms with E-state index in [2.05, 4.69) is 166 Å². The van der Waals surface area contributed by atoms with E-state index in [1.54, 1.807) is 0 Å². The zero-order chi connectivity index (χ0) is 33.7. The molecule has 0 aliphatic heterocycles. The second kappa shape index (κ2) is 11.9. The maximum absolute atomic E-state index is 4.68. The Morgan fingerprint density at radius 3 is 1.37 bits per heavy atom. The van der Waals surface area contributed by atoms with E-state index in [-0.39, 0.29) is 0 Å². The van der Waals surface area contributed by atoms with Crippen molar-refractivity contribution in [3.63, 3.8) is 0 Å². The predicted octanol–water partition coefficient (Wildman–Crippen LogP) is 12.5. The van der Waals surface area contributed by atoms with Crippen molar-refractivity contribution in [3.05, 3.63) is 188 Å². The third-order valence-corrected chi connectivity index (χ3v) is 10.1. The standard InChI is InChI=1S/C48H31N3/c1-5-14-33(15-6-1)42-31-39-28-38(30-44-43(34-16-7-2-8-17-34)29-37-22-13-23-41(42)45(37)46(39)44)32-24-26-40(27-25-32)51-47(35-18-9-3-10-19-35)49-50-48(51)36-20-11-4-12-21-36/h1-31H. The average Bonchev–Trinajstić information content (AvgIpc) is 3.66. The summed E-state index contributed by atoms with van der Waals surface area (Å²) in [7, 11) is 0. The van der Waals surface area contributed by atoms with Gasteiger partial charge in [-0.25, -0.2) is 0 Å². The van der Waals surface area contributed by atoms with Gasteiger partial charge in [0.1, 0.15) is 0 Å². The van der Waals surface area contributed by atoms with Gasteiger partial charge in [0.25, 0.3) is 0 Å². The van der Waals surface area contributed by atoms with Gasteiger partial charge in [-0.2, -0.15) is 0 Å². The zero-order valence-corrected chi connectivity index (χ0v) is 27.7. The van der Waals surface area contributed by atoms with Crippen molar-refractivity contribution in [3.8, 4) is 61.8 Å². The molecule has 51 heavy (non-hydrogen) atoms. The van der Waals surface area contributed by atoms with Crippen LogP contribution in [0.3, 0.4) is 0 Å². The SMILES string of the molecule is c1ccc(-c2cc3cc(-c4ccc(-n5c(-c6ccccc6)nnc5-c5ccccc5)cc4)cc4c(-c5ccccc5)cc5cccc2c5c34)cc1. The van der Waals surface area contributed by atoms with E-state index in [0.29, 0.717) is 0 Å². The lowest BCUT2D eigenvalue weighted by molar-refractivity contribution is 1.07. The summed E-state index contributed by atoms with van der Waals surface area (Å²) < 4.78 is 2.16.